The van der Waals surface area contributed by atoms with Crippen molar-refractivity contribution in [2.75, 3.05) is 18.4 Å². The van der Waals surface area contributed by atoms with Crippen LogP contribution in [0.5, 0.6) is 0 Å². The molecule has 1 aliphatic rings. The van der Waals surface area contributed by atoms with Gasteiger partial charge in [-0.2, -0.15) is 0 Å². The van der Waals surface area contributed by atoms with Gasteiger partial charge in [0, 0.05) is 30.3 Å². The highest BCUT2D eigenvalue weighted by atomic mass is 16.2. The fourth-order valence-corrected chi connectivity index (χ4v) is 3.58. The Labute approximate surface area is 159 Å². The molecular weight excluding hydrogens is 340 g/mol. The fraction of sp³-hybridized carbons (Fsp3) is 0.318. The first kappa shape index (κ1) is 18.8. The molecule has 1 aliphatic heterocycles. The van der Waals surface area contributed by atoms with E-state index in [-0.39, 0.29) is 11.7 Å². The second-order valence-corrected chi connectivity index (χ2v) is 7.25. The molecule has 1 unspecified atom stereocenters. The molecular formula is C22H24N2O3. The van der Waals surface area contributed by atoms with Gasteiger partial charge in [-0.25, -0.2) is 0 Å². The predicted octanol–water partition coefficient (Wildman–Crippen LogP) is 3.46. The SMILES string of the molecule is CC(=O)c1ccc(NC(=O)C(=O)N2CCC(c3cc(C)cc(C)c3)C2)cc1. The van der Waals surface area contributed by atoms with Crippen molar-refractivity contribution in [2.24, 2.45) is 0 Å². The molecule has 0 bridgehead atoms. The molecule has 140 valence electrons. The molecule has 2 aromatic rings. The molecule has 1 fully saturated rings. The maximum absolute atomic E-state index is 12.5. The van der Waals surface area contributed by atoms with Gasteiger partial charge in [-0.05, 0) is 57.0 Å². The third kappa shape index (κ3) is 4.42. The number of aryl methyl sites for hydroxylation is 2. The van der Waals surface area contributed by atoms with E-state index in [0.717, 1.165) is 6.42 Å². The summed E-state index contributed by atoms with van der Waals surface area (Å²) < 4.78 is 0. The van der Waals surface area contributed by atoms with Gasteiger partial charge < -0.3 is 10.2 Å². The second kappa shape index (κ2) is 7.74. The van der Waals surface area contributed by atoms with Crippen LogP contribution in [0.15, 0.2) is 42.5 Å². The molecule has 0 spiro atoms. The van der Waals surface area contributed by atoms with Crippen LogP contribution >= 0.6 is 0 Å². The Balaban J connectivity index is 1.62. The molecule has 0 aromatic heterocycles. The minimum Gasteiger partial charge on any atom is -0.334 e. The van der Waals surface area contributed by atoms with E-state index in [0.29, 0.717) is 24.3 Å². The minimum absolute atomic E-state index is 0.0431. The zero-order chi connectivity index (χ0) is 19.6. The Bertz CT molecular complexity index is 867. The highest BCUT2D eigenvalue weighted by molar-refractivity contribution is 6.39. The van der Waals surface area contributed by atoms with E-state index in [4.69, 9.17) is 0 Å². The van der Waals surface area contributed by atoms with Crippen molar-refractivity contribution in [1.29, 1.82) is 0 Å². The molecule has 1 atom stereocenters. The normalized spacial score (nSPS) is 16.3. The number of nitrogens with zero attached hydrogens (tertiary/aromatic N) is 1. The number of ketones is 1. The van der Waals surface area contributed by atoms with Crippen molar-refractivity contribution in [3.05, 3.63) is 64.7 Å². The lowest BCUT2D eigenvalue weighted by molar-refractivity contribution is -0.142. The lowest BCUT2D eigenvalue weighted by Gasteiger charge is -2.17. The van der Waals surface area contributed by atoms with E-state index in [1.165, 1.54) is 23.6 Å². The van der Waals surface area contributed by atoms with Crippen molar-refractivity contribution < 1.29 is 14.4 Å². The van der Waals surface area contributed by atoms with Crippen molar-refractivity contribution in [2.45, 2.75) is 33.1 Å². The first-order valence-corrected chi connectivity index (χ1v) is 9.13. The number of carbonyl (C=O) groups is 3. The van der Waals surface area contributed by atoms with Crippen LogP contribution < -0.4 is 5.32 Å². The molecule has 0 saturated carbocycles. The number of amides is 2. The van der Waals surface area contributed by atoms with Gasteiger partial charge in [0.25, 0.3) is 0 Å². The van der Waals surface area contributed by atoms with E-state index < -0.39 is 11.8 Å². The number of Topliss-reactive ketones (excluding diaryl/α,β-unsaturated/α-hetero) is 1. The average Bonchev–Trinajstić information content (AvgIpc) is 3.10. The van der Waals surface area contributed by atoms with Crippen LogP contribution in [0.3, 0.4) is 0 Å². The maximum Gasteiger partial charge on any atom is 0.313 e. The highest BCUT2D eigenvalue weighted by Crippen LogP contribution is 2.28. The third-order valence-electron chi connectivity index (χ3n) is 4.93. The van der Waals surface area contributed by atoms with Crippen LogP contribution in [0.1, 0.15) is 46.3 Å². The summed E-state index contributed by atoms with van der Waals surface area (Å²) in [7, 11) is 0. The summed E-state index contributed by atoms with van der Waals surface area (Å²) >= 11 is 0. The van der Waals surface area contributed by atoms with Crippen molar-refractivity contribution in [1.82, 2.24) is 4.90 Å². The smallest absolute Gasteiger partial charge is 0.313 e. The number of hydrogen-bond acceptors (Lipinski definition) is 3. The van der Waals surface area contributed by atoms with E-state index >= 15 is 0 Å². The van der Waals surface area contributed by atoms with Gasteiger partial charge in [-0.1, -0.05) is 29.3 Å². The number of benzene rings is 2. The van der Waals surface area contributed by atoms with Crippen molar-refractivity contribution >= 4 is 23.3 Å². The van der Waals surface area contributed by atoms with E-state index in [1.807, 2.05) is 0 Å². The van der Waals surface area contributed by atoms with Crippen molar-refractivity contribution in [3.63, 3.8) is 0 Å². The molecule has 0 radical (unpaired) electrons. The Morgan fingerprint density at radius 1 is 1.00 bits per heavy atom. The van der Waals surface area contributed by atoms with Crippen LogP contribution in [0.2, 0.25) is 0 Å². The highest BCUT2D eigenvalue weighted by Gasteiger charge is 2.31. The number of rotatable bonds is 3. The summed E-state index contributed by atoms with van der Waals surface area (Å²) in [6.45, 7) is 6.75. The van der Waals surface area contributed by atoms with Gasteiger partial charge >= 0.3 is 11.8 Å². The van der Waals surface area contributed by atoms with Crippen LogP contribution in [-0.2, 0) is 9.59 Å². The topological polar surface area (TPSA) is 66.5 Å². The molecule has 5 nitrogen and oxygen atoms in total. The van der Waals surface area contributed by atoms with Gasteiger partial charge in [-0.15, -0.1) is 0 Å². The summed E-state index contributed by atoms with van der Waals surface area (Å²) in [6.07, 6.45) is 0.856. The largest absolute Gasteiger partial charge is 0.334 e. The molecule has 3 rings (SSSR count). The quantitative estimate of drug-likeness (QED) is 0.670. The van der Waals surface area contributed by atoms with Gasteiger partial charge in [0.15, 0.2) is 5.78 Å². The van der Waals surface area contributed by atoms with Crippen LogP contribution in [0.25, 0.3) is 0 Å². The number of nitrogens with one attached hydrogen (secondary N) is 1. The summed E-state index contributed by atoms with van der Waals surface area (Å²) in [5.74, 6) is -0.946. The molecule has 2 aromatic carbocycles. The second-order valence-electron chi connectivity index (χ2n) is 7.25. The number of likely N-dealkylation sites (tertiary alicyclic amines) is 1. The molecule has 1 saturated heterocycles. The summed E-state index contributed by atoms with van der Waals surface area (Å²) in [4.78, 5) is 37.7. The van der Waals surface area contributed by atoms with Crippen molar-refractivity contribution in [3.8, 4) is 0 Å². The monoisotopic (exact) mass is 364 g/mol. The Morgan fingerprint density at radius 3 is 2.22 bits per heavy atom. The van der Waals surface area contributed by atoms with Crippen LogP contribution in [0, 0.1) is 13.8 Å². The fourth-order valence-electron chi connectivity index (χ4n) is 3.58. The summed E-state index contributed by atoms with van der Waals surface area (Å²) in [5, 5.41) is 2.62. The van der Waals surface area contributed by atoms with E-state index in [1.54, 1.807) is 29.2 Å². The molecule has 1 heterocycles. The molecule has 1 N–H and O–H groups in total. The summed E-state index contributed by atoms with van der Waals surface area (Å²) in [6, 6.07) is 13.0. The molecule has 2 amide bonds. The Morgan fingerprint density at radius 2 is 1.63 bits per heavy atom. The first-order valence-electron chi connectivity index (χ1n) is 9.13. The van der Waals surface area contributed by atoms with Crippen LogP contribution in [0.4, 0.5) is 5.69 Å². The zero-order valence-electron chi connectivity index (χ0n) is 15.9. The molecule has 5 heteroatoms. The van der Waals surface area contributed by atoms with Gasteiger partial charge in [-0.3, -0.25) is 14.4 Å². The van der Waals surface area contributed by atoms with Gasteiger partial charge in [0.05, 0.1) is 0 Å². The maximum atomic E-state index is 12.5. The number of anilines is 1. The van der Waals surface area contributed by atoms with Crippen LogP contribution in [-0.4, -0.2) is 35.6 Å². The Kier molecular flexibility index (Phi) is 5.40. The number of hydrogen-bond donors (Lipinski definition) is 1. The predicted molar refractivity (Wildman–Crippen MR) is 105 cm³/mol. The first-order chi connectivity index (χ1) is 12.8. The Hall–Kier alpha value is -2.95. The van der Waals surface area contributed by atoms with Gasteiger partial charge in [0.1, 0.15) is 0 Å². The standard InChI is InChI=1S/C22H24N2O3/c1-14-10-15(2)12-19(11-14)18-8-9-24(13-18)22(27)21(26)23-20-6-4-17(5-7-20)16(3)25/h4-7,10-12,18H,8-9,13H2,1-3H3,(H,23,26). The minimum atomic E-state index is -0.647. The third-order valence-corrected chi connectivity index (χ3v) is 4.93. The van der Waals surface area contributed by atoms with Gasteiger partial charge in [0.2, 0.25) is 0 Å². The van der Waals surface area contributed by atoms with E-state index in [2.05, 4.69) is 37.4 Å². The molecule has 27 heavy (non-hydrogen) atoms. The lowest BCUT2D eigenvalue weighted by Crippen LogP contribution is -2.38. The number of carbonyl (C=O) groups excluding carboxylic acids is 3. The average molecular weight is 364 g/mol. The summed E-state index contributed by atoms with van der Waals surface area (Å²) in [5.41, 5.74) is 4.71. The van der Waals surface area contributed by atoms with E-state index in [9.17, 15) is 14.4 Å². The zero-order valence-corrected chi connectivity index (χ0v) is 15.9. The lowest BCUT2D eigenvalue weighted by atomic mass is 9.95. The molecule has 0 aliphatic carbocycles.